The zero-order chi connectivity index (χ0) is 22.5. The maximum atomic E-state index is 13.2. The van der Waals surface area contributed by atoms with E-state index in [-0.39, 0.29) is 16.2 Å². The van der Waals surface area contributed by atoms with Crippen molar-refractivity contribution >= 4 is 63.8 Å². The molecule has 0 atom stereocenters. The summed E-state index contributed by atoms with van der Waals surface area (Å²) in [7, 11) is 2.02. The highest BCUT2D eigenvalue weighted by Crippen LogP contribution is 2.41. The fraction of sp³-hybridized carbons (Fsp3) is 0.208. The Hall–Kier alpha value is -2.96. The van der Waals surface area contributed by atoms with Gasteiger partial charge in [-0.15, -0.1) is 0 Å². The van der Waals surface area contributed by atoms with Crippen LogP contribution in [0.5, 0.6) is 0 Å². The molecule has 0 bridgehead atoms. The fourth-order valence-electron chi connectivity index (χ4n) is 3.92. The van der Waals surface area contributed by atoms with Gasteiger partial charge in [-0.3, -0.25) is 19.8 Å². The number of hydrogen-bond donors (Lipinski definition) is 1. The molecule has 0 aromatic heterocycles. The summed E-state index contributed by atoms with van der Waals surface area (Å²) in [4.78, 5) is 29.3. The third kappa shape index (κ3) is 3.66. The zero-order valence-corrected chi connectivity index (χ0v) is 19.3. The van der Waals surface area contributed by atoms with Crippen LogP contribution in [0.2, 0.25) is 5.02 Å². The molecule has 31 heavy (non-hydrogen) atoms. The summed E-state index contributed by atoms with van der Waals surface area (Å²) in [5.41, 5.74) is 4.14. The number of para-hydroxylation sites is 1. The van der Waals surface area contributed by atoms with Gasteiger partial charge in [0.25, 0.3) is 11.8 Å². The number of carbonyl (C=O) groups excluding carboxylic acids is 2. The van der Waals surface area contributed by atoms with E-state index in [2.05, 4.69) is 30.1 Å². The molecule has 0 unspecified atom stereocenters. The van der Waals surface area contributed by atoms with Gasteiger partial charge in [-0.1, -0.05) is 35.9 Å². The highest BCUT2D eigenvalue weighted by molar-refractivity contribution is 7.80. The van der Waals surface area contributed by atoms with E-state index in [0.29, 0.717) is 16.3 Å². The number of anilines is 2. The van der Waals surface area contributed by atoms with Gasteiger partial charge in [0.2, 0.25) is 0 Å². The number of halogens is 1. The Bertz CT molecular complexity index is 1180. The van der Waals surface area contributed by atoms with Crippen LogP contribution in [0.15, 0.2) is 54.1 Å². The van der Waals surface area contributed by atoms with E-state index >= 15 is 0 Å². The first-order valence-electron chi connectivity index (χ1n) is 9.84. The van der Waals surface area contributed by atoms with Gasteiger partial charge in [-0.25, -0.2) is 0 Å². The van der Waals surface area contributed by atoms with E-state index in [0.717, 1.165) is 16.8 Å². The van der Waals surface area contributed by atoms with Crippen molar-refractivity contribution in [3.8, 4) is 0 Å². The Balaban J connectivity index is 1.79. The van der Waals surface area contributed by atoms with Crippen LogP contribution in [0.25, 0.3) is 11.6 Å². The lowest BCUT2D eigenvalue weighted by atomic mass is 9.88. The Kier molecular flexibility index (Phi) is 5.23. The van der Waals surface area contributed by atoms with E-state index in [1.165, 1.54) is 11.0 Å². The van der Waals surface area contributed by atoms with Gasteiger partial charge in [0, 0.05) is 23.3 Å². The number of nitrogens with zero attached hydrogens (tertiary/aromatic N) is 2. The molecule has 2 amide bonds. The summed E-state index contributed by atoms with van der Waals surface area (Å²) in [6.45, 7) is 6.32. The van der Waals surface area contributed by atoms with E-state index < -0.39 is 11.8 Å². The quantitative estimate of drug-likeness (QED) is 0.404. The van der Waals surface area contributed by atoms with Crippen LogP contribution < -0.4 is 15.1 Å². The van der Waals surface area contributed by atoms with Crippen molar-refractivity contribution in [2.45, 2.75) is 26.3 Å². The Morgan fingerprint density at radius 1 is 1.13 bits per heavy atom. The minimum absolute atomic E-state index is 0.0228. The zero-order valence-electron chi connectivity index (χ0n) is 17.7. The molecule has 1 fully saturated rings. The minimum Gasteiger partial charge on any atom is -0.365 e. The van der Waals surface area contributed by atoms with Gasteiger partial charge < -0.3 is 4.90 Å². The van der Waals surface area contributed by atoms with Crippen LogP contribution in [0, 0.1) is 0 Å². The molecule has 0 radical (unpaired) electrons. The van der Waals surface area contributed by atoms with E-state index in [1.54, 1.807) is 24.3 Å². The molecule has 1 N–H and O–H groups in total. The normalized spacial score (nSPS) is 19.3. The van der Waals surface area contributed by atoms with E-state index in [4.69, 9.17) is 23.8 Å². The lowest BCUT2D eigenvalue weighted by molar-refractivity contribution is -0.122. The van der Waals surface area contributed by atoms with Crippen LogP contribution in [0.4, 0.5) is 11.4 Å². The number of allylic oxidation sites excluding steroid dienone is 1. The number of carbonyl (C=O) groups is 2. The van der Waals surface area contributed by atoms with E-state index in [9.17, 15) is 9.59 Å². The molecule has 0 aliphatic carbocycles. The largest absolute Gasteiger partial charge is 0.365 e. The molecule has 2 aliphatic heterocycles. The van der Waals surface area contributed by atoms with Crippen molar-refractivity contribution in [2.75, 3.05) is 16.8 Å². The summed E-state index contributed by atoms with van der Waals surface area (Å²) in [5.74, 6) is -1.03. The monoisotopic (exact) mass is 451 g/mol. The van der Waals surface area contributed by atoms with Crippen LogP contribution in [0.3, 0.4) is 0 Å². The fourth-order valence-corrected chi connectivity index (χ4v) is 4.42. The predicted molar refractivity (Wildman–Crippen MR) is 130 cm³/mol. The van der Waals surface area contributed by atoms with Crippen molar-refractivity contribution in [1.29, 1.82) is 0 Å². The Morgan fingerprint density at radius 2 is 1.81 bits per heavy atom. The number of amides is 2. The number of nitrogens with one attached hydrogen (secondary N) is 1. The molecule has 158 valence electrons. The third-order valence-electron chi connectivity index (χ3n) is 5.75. The lowest BCUT2D eigenvalue weighted by Gasteiger charge is -2.40. The first kappa shape index (κ1) is 21.3. The average Bonchev–Trinajstić information content (AvgIpc) is 2.70. The van der Waals surface area contributed by atoms with Crippen LogP contribution in [-0.2, 0) is 9.59 Å². The first-order valence-corrected chi connectivity index (χ1v) is 10.6. The summed E-state index contributed by atoms with van der Waals surface area (Å²) in [6, 6.07) is 12.8. The van der Waals surface area contributed by atoms with Crippen LogP contribution in [-0.4, -0.2) is 29.5 Å². The molecule has 1 saturated heterocycles. The first-order chi connectivity index (χ1) is 14.6. The maximum Gasteiger partial charge on any atom is 0.270 e. The second-order valence-electron chi connectivity index (χ2n) is 8.22. The summed E-state index contributed by atoms with van der Waals surface area (Å²) in [6.07, 6.45) is 3.72. The lowest BCUT2D eigenvalue weighted by Crippen LogP contribution is -2.54. The molecular weight excluding hydrogens is 430 g/mol. The highest BCUT2D eigenvalue weighted by atomic mass is 35.5. The third-order valence-corrected chi connectivity index (χ3v) is 6.36. The standard InChI is InChI=1S/C24H22ClN3O2S/c1-14-13-24(2,3)27(4)20-12-19(25)15(10-17(14)20)11-18-21(29)26-23(31)28(22(18)30)16-8-6-5-7-9-16/h5-13H,1-4H3,(H,26,29,31)/b18-11-. The van der Waals surface area contributed by atoms with Crippen molar-refractivity contribution in [1.82, 2.24) is 5.32 Å². The second kappa shape index (κ2) is 7.62. The molecule has 0 spiro atoms. The van der Waals surface area contributed by atoms with Crippen molar-refractivity contribution in [3.63, 3.8) is 0 Å². The number of likely N-dealkylation sites (N-methyl/N-ethyl adjacent to an activating group) is 1. The maximum absolute atomic E-state index is 13.2. The molecule has 2 aromatic rings. The van der Waals surface area contributed by atoms with Gasteiger partial charge >= 0.3 is 0 Å². The summed E-state index contributed by atoms with van der Waals surface area (Å²) >= 11 is 11.8. The Labute approximate surface area is 192 Å². The van der Waals surface area contributed by atoms with Gasteiger partial charge in [0.05, 0.1) is 11.2 Å². The van der Waals surface area contributed by atoms with Crippen molar-refractivity contribution in [3.05, 3.63) is 70.3 Å². The Morgan fingerprint density at radius 3 is 2.48 bits per heavy atom. The van der Waals surface area contributed by atoms with Gasteiger partial charge in [-0.05, 0) is 74.5 Å². The summed E-state index contributed by atoms with van der Waals surface area (Å²) < 4.78 is 0. The number of benzene rings is 2. The smallest absolute Gasteiger partial charge is 0.270 e. The molecular formula is C24H22ClN3O2S. The van der Waals surface area contributed by atoms with Crippen molar-refractivity contribution in [2.24, 2.45) is 0 Å². The van der Waals surface area contributed by atoms with Crippen molar-refractivity contribution < 1.29 is 9.59 Å². The van der Waals surface area contributed by atoms with Gasteiger partial charge in [0.15, 0.2) is 5.11 Å². The molecule has 5 nitrogen and oxygen atoms in total. The molecule has 2 aliphatic rings. The van der Waals surface area contributed by atoms with Crippen LogP contribution in [0.1, 0.15) is 31.9 Å². The minimum atomic E-state index is -0.540. The summed E-state index contributed by atoms with van der Waals surface area (Å²) in [5, 5.41) is 3.12. The molecule has 2 aromatic carbocycles. The SMILES string of the molecule is CC1=CC(C)(C)N(C)c2cc(Cl)c(/C=C3/C(=O)NC(=S)N(c4ccccc4)C3=O)cc21. The topological polar surface area (TPSA) is 52.7 Å². The molecule has 7 heteroatoms. The van der Waals surface area contributed by atoms with Gasteiger partial charge in [-0.2, -0.15) is 0 Å². The average molecular weight is 452 g/mol. The molecule has 4 rings (SSSR count). The molecule has 0 saturated carbocycles. The van der Waals surface area contributed by atoms with Gasteiger partial charge in [0.1, 0.15) is 5.57 Å². The highest BCUT2D eigenvalue weighted by Gasteiger charge is 2.35. The number of hydrogen-bond acceptors (Lipinski definition) is 4. The number of fused-ring (bicyclic) bond motifs is 1. The number of rotatable bonds is 2. The number of thiocarbonyl (C=S) groups is 1. The second-order valence-corrected chi connectivity index (χ2v) is 9.02. The molecule has 2 heterocycles. The predicted octanol–water partition coefficient (Wildman–Crippen LogP) is 4.80. The van der Waals surface area contributed by atoms with E-state index in [1.807, 2.05) is 32.2 Å². The van der Waals surface area contributed by atoms with Crippen LogP contribution >= 0.6 is 23.8 Å².